The molecule has 0 saturated carbocycles. The van der Waals surface area contributed by atoms with E-state index in [-0.39, 0.29) is 11.3 Å². The number of ether oxygens (including phenoxy) is 1. The molecule has 1 atom stereocenters. The molecule has 0 aliphatic carbocycles. The van der Waals surface area contributed by atoms with Gasteiger partial charge in [-0.25, -0.2) is 16.8 Å². The molecule has 0 bridgehead atoms. The molecule has 1 N–H and O–H groups in total. The van der Waals surface area contributed by atoms with E-state index >= 15 is 0 Å². The monoisotopic (exact) mass is 397 g/mol. The topological polar surface area (TPSA) is 92.8 Å². The van der Waals surface area contributed by atoms with Gasteiger partial charge >= 0.3 is 0 Å². The second-order valence-corrected chi connectivity index (χ2v) is 9.57. The lowest BCUT2D eigenvalue weighted by atomic mass is 10.1. The lowest BCUT2D eigenvalue weighted by Crippen LogP contribution is -2.43. The van der Waals surface area contributed by atoms with Gasteiger partial charge in [-0.05, 0) is 18.9 Å². The van der Waals surface area contributed by atoms with Crippen molar-refractivity contribution in [1.82, 2.24) is 9.62 Å². The molecule has 2 heterocycles. The van der Waals surface area contributed by atoms with Crippen LogP contribution in [0.1, 0.15) is 45.4 Å². The number of nitrogens with one attached hydrogen (secondary N) is 1. The first-order valence-electron chi connectivity index (χ1n) is 13.2. The van der Waals surface area contributed by atoms with Gasteiger partial charge in [0, 0.05) is 56.8 Å². The fourth-order valence-corrected chi connectivity index (χ4v) is 5.83. The molecule has 2 rings (SSSR count). The van der Waals surface area contributed by atoms with Crippen LogP contribution >= 0.6 is 11.3 Å². The van der Waals surface area contributed by atoms with E-state index in [2.05, 4.69) is 4.74 Å². The van der Waals surface area contributed by atoms with Crippen LogP contribution in [0.15, 0.2) is 14.5 Å². The molecule has 132 valence electrons. The van der Waals surface area contributed by atoms with Gasteiger partial charge < -0.3 is 10.1 Å². The van der Waals surface area contributed by atoms with Crippen molar-refractivity contribution < 1.29 is 42.1 Å². The maximum absolute atomic E-state index is 13.4. The van der Waals surface area contributed by atoms with Crippen molar-refractivity contribution in [2.75, 3.05) is 39.4 Å². The van der Waals surface area contributed by atoms with Gasteiger partial charge in [-0.1, -0.05) is 6.85 Å². The van der Waals surface area contributed by atoms with Crippen LogP contribution in [0.4, 0.5) is 0 Å². The minimum Gasteiger partial charge on any atom is -0.385 e. The summed E-state index contributed by atoms with van der Waals surface area (Å²) in [5.41, 5.74) is -0.787. The molecular formula is C13H22N2O5S3. The summed E-state index contributed by atoms with van der Waals surface area (Å²) in [6, 6.07) is -2.32. The summed E-state index contributed by atoms with van der Waals surface area (Å²) in [6.07, 6.45) is -3.48. The number of methoxy groups -OCH3 is 1. The number of rotatable bonds is 7. The van der Waals surface area contributed by atoms with E-state index in [1.807, 2.05) is 0 Å². The molecule has 7 nitrogen and oxygen atoms in total. The van der Waals surface area contributed by atoms with E-state index in [0.717, 1.165) is 0 Å². The van der Waals surface area contributed by atoms with Crippen molar-refractivity contribution >= 4 is 31.2 Å². The Morgan fingerprint density at radius 2 is 2.43 bits per heavy atom. The summed E-state index contributed by atoms with van der Waals surface area (Å²) in [4.78, 5) is 0. The van der Waals surface area contributed by atoms with Crippen molar-refractivity contribution in [2.24, 2.45) is 0 Å². The Morgan fingerprint density at radius 3 is 3.09 bits per heavy atom. The normalized spacial score (nSPS) is 37.7. The quantitative estimate of drug-likeness (QED) is 0.733. The molecule has 1 aromatic rings. The number of fused-ring (bicyclic) bond motifs is 1. The van der Waals surface area contributed by atoms with Crippen LogP contribution < -0.4 is 5.32 Å². The molecule has 0 spiro atoms. The van der Waals surface area contributed by atoms with Gasteiger partial charge in [-0.3, -0.25) is 0 Å². The highest BCUT2D eigenvalue weighted by molar-refractivity contribution is 7.94. The Labute approximate surface area is 162 Å². The van der Waals surface area contributed by atoms with E-state index in [4.69, 9.17) is 20.6 Å². The Morgan fingerprint density at radius 1 is 1.65 bits per heavy atom. The highest BCUT2D eigenvalue weighted by Crippen LogP contribution is 2.40. The van der Waals surface area contributed by atoms with E-state index in [0.29, 0.717) is 12.3 Å². The molecule has 1 aromatic heterocycles. The Kier molecular flexibility index (Phi) is 2.18. The summed E-state index contributed by atoms with van der Waals surface area (Å²) >= 11 is -0.0118. The van der Waals surface area contributed by atoms with Gasteiger partial charge in [0.2, 0.25) is 0 Å². The first-order chi connectivity index (χ1) is 16.3. The van der Waals surface area contributed by atoms with Crippen LogP contribution in [0.3, 0.4) is 0 Å². The molecule has 1 aliphatic heterocycles. The largest absolute Gasteiger partial charge is 0.385 e. The third-order valence-electron chi connectivity index (χ3n) is 2.69. The van der Waals surface area contributed by atoms with Crippen molar-refractivity contribution in [2.45, 2.75) is 27.7 Å². The molecule has 1 aliphatic rings. The average molecular weight is 398 g/mol. The maximum atomic E-state index is 13.4. The summed E-state index contributed by atoms with van der Waals surface area (Å²) in [5, 5.41) is 1.74. The Hall–Kier alpha value is -0.520. The van der Waals surface area contributed by atoms with Crippen LogP contribution in [0.2, 0.25) is 0 Å². The minimum atomic E-state index is -5.34. The smallest absolute Gasteiger partial charge is 0.252 e. The van der Waals surface area contributed by atoms with E-state index in [1.54, 1.807) is 5.32 Å². The minimum absolute atomic E-state index is 0.0118. The first kappa shape index (κ1) is 7.00. The fourth-order valence-electron chi connectivity index (χ4n) is 1.74. The van der Waals surface area contributed by atoms with Crippen LogP contribution in [0.25, 0.3) is 0 Å². The third-order valence-corrected chi connectivity index (χ3v) is 7.79. The molecule has 23 heavy (non-hydrogen) atoms. The van der Waals surface area contributed by atoms with Crippen molar-refractivity contribution in [3.63, 3.8) is 0 Å². The van der Waals surface area contributed by atoms with Gasteiger partial charge in [-0.2, -0.15) is 4.31 Å². The molecule has 0 radical (unpaired) electrons. The lowest BCUT2D eigenvalue weighted by Gasteiger charge is -2.32. The fraction of sp³-hybridized carbons (Fsp3) is 0.692. The summed E-state index contributed by atoms with van der Waals surface area (Å²) in [7, 11) is -13.1. The molecule has 0 saturated heterocycles. The third kappa shape index (κ3) is 3.94. The lowest BCUT2D eigenvalue weighted by molar-refractivity contribution is 0.185. The number of hydrogen-bond acceptors (Lipinski definition) is 7. The zero-order valence-corrected chi connectivity index (χ0v) is 13.9. The number of sulfone groups is 1. The predicted octanol–water partition coefficient (Wildman–Crippen LogP) is 0.843. The van der Waals surface area contributed by atoms with Gasteiger partial charge in [0.25, 0.3) is 10.0 Å². The van der Waals surface area contributed by atoms with Gasteiger partial charge in [0.05, 0.1) is 8.22 Å². The molecule has 0 amide bonds. The van der Waals surface area contributed by atoms with E-state index < -0.39 is 90.5 Å². The first-order valence-corrected chi connectivity index (χ1v) is 9.85. The molecule has 0 unspecified atom stereocenters. The Balaban J connectivity index is 2.87. The van der Waals surface area contributed by atoms with E-state index in [1.165, 1.54) is 0 Å². The zero-order chi connectivity index (χ0) is 30.3. The number of hydrogen-bond donors (Lipinski definition) is 1. The highest BCUT2D eigenvalue weighted by Gasteiger charge is 2.39. The molecule has 0 aromatic carbocycles. The predicted molar refractivity (Wildman–Crippen MR) is 89.1 cm³/mol. The van der Waals surface area contributed by atoms with Crippen LogP contribution in [0, 0.1) is 0 Å². The Bertz CT molecular complexity index is 1300. The SMILES string of the molecule is [2H]C([2H])([2H])OC([2H])([2H])C([2H])([2H])C([2H])([2H])N1C[C@]([2H])(NC([2H])([2H])C([2H])([2H])[2H])c2cc(S(C)(=O)=O)sc2S1(=O)=O. The van der Waals surface area contributed by atoms with Crippen molar-refractivity contribution in [1.29, 1.82) is 0 Å². The second-order valence-electron chi connectivity index (χ2n) is 4.22. The standard InChI is InChI=1S/C13H22N2O5S3/c1-4-14-11-9-15(6-5-7-20-2)23(18,19)13-10(11)8-12(21-13)22(3,16)17/h8,11,14H,4-7,9H2,1-3H3/t11-/m0/s1/i1D3,2D3,4D2,5D2,6D2,7D2,11D. The summed E-state index contributed by atoms with van der Waals surface area (Å²) in [6.45, 7) is -16.7. The van der Waals surface area contributed by atoms with Crippen LogP contribution in [-0.2, 0) is 24.6 Å². The highest BCUT2D eigenvalue weighted by atomic mass is 32.3. The maximum Gasteiger partial charge on any atom is 0.252 e. The van der Waals surface area contributed by atoms with E-state index in [9.17, 15) is 16.8 Å². The van der Waals surface area contributed by atoms with Crippen LogP contribution in [0.5, 0.6) is 0 Å². The molecule has 10 heteroatoms. The van der Waals surface area contributed by atoms with Gasteiger partial charge in [0.1, 0.15) is 8.42 Å². The van der Waals surface area contributed by atoms with Crippen molar-refractivity contribution in [3.8, 4) is 0 Å². The average Bonchev–Trinajstić information content (AvgIpc) is 3.09. The van der Waals surface area contributed by atoms with Crippen LogP contribution in [-0.4, -0.2) is 60.5 Å². The number of nitrogens with zero attached hydrogens (tertiary/aromatic N) is 1. The van der Waals surface area contributed by atoms with Gasteiger partial charge in [0.15, 0.2) is 9.84 Å². The van der Waals surface area contributed by atoms with Gasteiger partial charge in [-0.15, -0.1) is 11.3 Å². The number of sulfonamides is 1. The zero-order valence-electron chi connectivity index (χ0n) is 26.5. The van der Waals surface area contributed by atoms with Crippen molar-refractivity contribution in [3.05, 3.63) is 11.6 Å². The molecular weight excluding hydrogens is 360 g/mol. The summed E-state index contributed by atoms with van der Waals surface area (Å²) in [5.74, 6) is 0. The summed E-state index contributed by atoms with van der Waals surface area (Å²) < 4.78 is 169. The number of thiophene rings is 1. The molecule has 0 fully saturated rings. The second kappa shape index (κ2) is 7.16. The number of likely N-dealkylation sites (N-methyl/N-ethyl adjacent to an activating group) is 1.